The van der Waals surface area contributed by atoms with Crippen LogP contribution in [0.25, 0.3) is 0 Å². The van der Waals surface area contributed by atoms with E-state index in [9.17, 15) is 34.8 Å². The molecule has 3 aliphatic heterocycles. The van der Waals surface area contributed by atoms with Crippen molar-refractivity contribution in [3.05, 3.63) is 36.5 Å². The molecule has 10 nitrogen and oxygen atoms in total. The first-order valence-electron chi connectivity index (χ1n) is 21.1. The molecule has 55 heavy (non-hydrogen) atoms. The van der Waals surface area contributed by atoms with Crippen molar-refractivity contribution < 1.29 is 49.0 Å². The van der Waals surface area contributed by atoms with Crippen molar-refractivity contribution >= 4 is 17.5 Å². The monoisotopic (exact) mass is 775 g/mol. The van der Waals surface area contributed by atoms with E-state index < -0.39 is 77.6 Å². The molecule has 4 N–H and O–H groups in total. The fraction of sp³-hybridized carbons (Fsp3) is 0.800. The summed E-state index contributed by atoms with van der Waals surface area (Å²) >= 11 is 0. The zero-order valence-electron chi connectivity index (χ0n) is 35.5. The van der Waals surface area contributed by atoms with Gasteiger partial charge in [0, 0.05) is 53.9 Å². The quantitative estimate of drug-likeness (QED) is 0.226. The molecule has 0 aromatic heterocycles. The second-order valence-corrected chi connectivity index (χ2v) is 17.7. The minimum absolute atomic E-state index is 0.144. The Labute approximate surface area is 331 Å². The summed E-state index contributed by atoms with van der Waals surface area (Å²) in [5.41, 5.74) is 0. The highest BCUT2D eigenvalue weighted by Gasteiger charge is 2.56. The number of fused-ring (bicyclic) bond motifs is 2. The number of ether oxygens (including phenoxy) is 3. The fourth-order valence-corrected chi connectivity index (χ4v) is 8.95. The third-order valence-electron chi connectivity index (χ3n) is 13.4. The molecule has 0 aromatic rings. The van der Waals surface area contributed by atoms with Crippen LogP contribution in [-0.2, 0) is 28.6 Å². The molecule has 1 spiro atoms. The van der Waals surface area contributed by atoms with Crippen LogP contribution in [0.15, 0.2) is 36.5 Å². The lowest BCUT2D eigenvalue weighted by Gasteiger charge is -2.55. The molecule has 0 radical (unpaired) electrons. The van der Waals surface area contributed by atoms with Crippen molar-refractivity contribution in [3.8, 4) is 0 Å². The fourth-order valence-electron chi connectivity index (χ4n) is 8.95. The predicted molar refractivity (Wildman–Crippen MR) is 213 cm³/mol. The van der Waals surface area contributed by atoms with E-state index in [2.05, 4.69) is 26.8 Å². The number of rotatable bonds is 3. The smallest absolute Gasteiger partial charge is 0.330 e. The predicted octanol–water partition coefficient (Wildman–Crippen LogP) is 6.77. The summed E-state index contributed by atoms with van der Waals surface area (Å²) in [4.78, 5) is 40.4. The number of allylic oxidation sites excluding steroid dienone is 4. The second kappa shape index (κ2) is 21.0. The second-order valence-electron chi connectivity index (χ2n) is 17.7. The summed E-state index contributed by atoms with van der Waals surface area (Å²) in [6, 6.07) is 0. The Morgan fingerprint density at radius 3 is 1.96 bits per heavy atom. The van der Waals surface area contributed by atoms with Crippen LogP contribution in [0.3, 0.4) is 0 Å². The SMILES string of the molecule is CC[C@H]1C=C/C=C/C[C@@H](C)[C@H](O)[C@H](C)C(=O)[C@@H](C)[C@H](O)[C@@H](C)C(=O)[C@@H](C)[C@H](O)[C@@H](C)/C=C/C(=O)O[C@@H]2[C@H](C)[C@H](CC1)O[C@]1(CC[C@H](C)[C@H](C[C@@H](C)O)O1)[C@H]2C. The Kier molecular flexibility index (Phi) is 18.0. The number of carbonyl (C=O) groups excluding carboxylic acids is 3. The van der Waals surface area contributed by atoms with Crippen LogP contribution in [0, 0.1) is 59.2 Å². The van der Waals surface area contributed by atoms with Gasteiger partial charge in [-0.3, -0.25) is 9.59 Å². The van der Waals surface area contributed by atoms with Gasteiger partial charge in [-0.15, -0.1) is 0 Å². The van der Waals surface area contributed by atoms with Gasteiger partial charge in [-0.2, -0.15) is 0 Å². The molecule has 2 fully saturated rings. The topological polar surface area (TPSA) is 160 Å². The molecular weight excluding hydrogens is 700 g/mol. The maximum Gasteiger partial charge on any atom is 0.330 e. The molecule has 0 aliphatic carbocycles. The molecule has 314 valence electrons. The summed E-state index contributed by atoms with van der Waals surface area (Å²) in [5.74, 6) is -6.53. The maximum absolute atomic E-state index is 13.5. The number of hydrogen-bond donors (Lipinski definition) is 4. The van der Waals surface area contributed by atoms with Gasteiger partial charge in [0.05, 0.1) is 36.6 Å². The van der Waals surface area contributed by atoms with Gasteiger partial charge in [-0.1, -0.05) is 99.6 Å². The largest absolute Gasteiger partial charge is 0.458 e. The highest BCUT2D eigenvalue weighted by molar-refractivity contribution is 5.87. The zero-order valence-corrected chi connectivity index (χ0v) is 35.5. The summed E-state index contributed by atoms with van der Waals surface area (Å²) in [6.45, 7) is 20.1. The van der Waals surface area contributed by atoms with Crippen molar-refractivity contribution in [1.82, 2.24) is 0 Å². The molecule has 0 unspecified atom stereocenters. The van der Waals surface area contributed by atoms with Gasteiger partial charge >= 0.3 is 5.97 Å². The minimum Gasteiger partial charge on any atom is -0.458 e. The van der Waals surface area contributed by atoms with E-state index in [4.69, 9.17) is 14.2 Å². The third kappa shape index (κ3) is 11.9. The normalized spacial score (nSPS) is 45.5. The van der Waals surface area contributed by atoms with E-state index in [0.29, 0.717) is 19.3 Å². The first-order chi connectivity index (χ1) is 25.8. The Morgan fingerprint density at radius 2 is 1.36 bits per heavy atom. The molecular formula is C45H74O10. The molecule has 3 aliphatic rings. The van der Waals surface area contributed by atoms with Gasteiger partial charge in [0.25, 0.3) is 0 Å². The summed E-state index contributed by atoms with van der Waals surface area (Å²) in [7, 11) is 0. The number of hydrogen-bond acceptors (Lipinski definition) is 10. The van der Waals surface area contributed by atoms with Crippen LogP contribution < -0.4 is 0 Å². The Bertz CT molecular complexity index is 1340. The number of aliphatic hydroxyl groups excluding tert-OH is 4. The summed E-state index contributed by atoms with van der Waals surface area (Å²) in [5, 5.41) is 43.8. The lowest BCUT2D eigenvalue weighted by atomic mass is 9.74. The Balaban J connectivity index is 1.97. The van der Waals surface area contributed by atoms with E-state index in [1.54, 1.807) is 47.6 Å². The molecule has 0 saturated carbocycles. The third-order valence-corrected chi connectivity index (χ3v) is 13.4. The van der Waals surface area contributed by atoms with Crippen LogP contribution in [0.2, 0.25) is 0 Å². The van der Waals surface area contributed by atoms with Crippen LogP contribution in [-0.4, -0.2) is 86.5 Å². The van der Waals surface area contributed by atoms with E-state index in [1.165, 1.54) is 6.08 Å². The molecule has 0 amide bonds. The van der Waals surface area contributed by atoms with Gasteiger partial charge in [0.15, 0.2) is 5.79 Å². The number of Topliss-reactive ketones (excluding diaryl/α,β-unsaturated/α-hetero) is 2. The van der Waals surface area contributed by atoms with Gasteiger partial charge in [0.2, 0.25) is 0 Å². The van der Waals surface area contributed by atoms with Crippen LogP contribution >= 0.6 is 0 Å². The van der Waals surface area contributed by atoms with E-state index in [0.717, 1.165) is 25.7 Å². The van der Waals surface area contributed by atoms with Gasteiger partial charge in [-0.25, -0.2) is 4.79 Å². The van der Waals surface area contributed by atoms with Gasteiger partial charge in [0.1, 0.15) is 17.7 Å². The summed E-state index contributed by atoms with van der Waals surface area (Å²) in [6.07, 6.45) is 11.1. The van der Waals surface area contributed by atoms with Crippen molar-refractivity contribution in [1.29, 1.82) is 0 Å². The molecule has 18 atom stereocenters. The highest BCUT2D eigenvalue weighted by atomic mass is 16.7. The molecule has 2 saturated heterocycles. The highest BCUT2D eigenvalue weighted by Crippen LogP contribution is 2.49. The van der Waals surface area contributed by atoms with Crippen LogP contribution in [0.4, 0.5) is 0 Å². The molecule has 2 bridgehead atoms. The lowest BCUT2D eigenvalue weighted by Crippen LogP contribution is -2.62. The van der Waals surface area contributed by atoms with Crippen LogP contribution in [0.1, 0.15) is 121 Å². The molecule has 0 aromatic carbocycles. The molecule has 3 rings (SSSR count). The average molecular weight is 775 g/mol. The Morgan fingerprint density at radius 1 is 0.764 bits per heavy atom. The maximum atomic E-state index is 13.5. The van der Waals surface area contributed by atoms with Crippen molar-refractivity contribution in [2.24, 2.45) is 59.2 Å². The number of esters is 1. The minimum atomic E-state index is -1.30. The van der Waals surface area contributed by atoms with Crippen molar-refractivity contribution in [2.45, 2.75) is 170 Å². The van der Waals surface area contributed by atoms with Crippen molar-refractivity contribution in [2.75, 3.05) is 0 Å². The van der Waals surface area contributed by atoms with E-state index in [-0.39, 0.29) is 47.6 Å². The summed E-state index contributed by atoms with van der Waals surface area (Å²) < 4.78 is 20.0. The number of aliphatic hydroxyl groups is 4. The first-order valence-corrected chi connectivity index (χ1v) is 21.1. The van der Waals surface area contributed by atoms with Crippen LogP contribution in [0.5, 0.6) is 0 Å². The molecule has 10 heteroatoms. The standard InChI is InChI=1S/C45H74O10/c1-12-35-17-15-13-14-16-26(3)39(48)30(7)41(50)32(9)43(52)33(10)42(51)31(8)40(49)27(4)18-21-38(47)53-44-29(6)36(20-19-35)54-45(34(44)11)23-22-25(2)37(55-45)24-28(5)46/h13-15,17-18,21,25-37,39-40,43-44,46,48-49,52H,12,16,19-20,22-24H2,1-11H3/b14-13+,17-15?,21-18+/t25-,26+,27-,28+,29+,30-,31-,32+,33-,34-,35-,36-,37-,39-,40+,43-,44+,45-/m0/s1. The number of ketones is 2. The van der Waals surface area contributed by atoms with Crippen molar-refractivity contribution in [3.63, 3.8) is 0 Å². The first kappa shape index (κ1) is 47.2. The molecule has 3 heterocycles. The Hall–Kier alpha value is -2.21. The number of carbonyl (C=O) groups is 3. The van der Waals surface area contributed by atoms with Gasteiger partial charge in [-0.05, 0) is 63.2 Å². The lowest BCUT2D eigenvalue weighted by molar-refractivity contribution is -0.371. The van der Waals surface area contributed by atoms with E-state index >= 15 is 0 Å². The van der Waals surface area contributed by atoms with E-state index in [1.807, 2.05) is 32.1 Å². The zero-order chi connectivity index (χ0) is 41.4. The van der Waals surface area contributed by atoms with Gasteiger partial charge < -0.3 is 34.6 Å². The average Bonchev–Trinajstić information content (AvgIpc) is 3.16.